The quantitative estimate of drug-likeness (QED) is 0.850. The first kappa shape index (κ1) is 10.5. The number of benzene rings is 1. The van der Waals surface area contributed by atoms with E-state index in [1.165, 1.54) is 5.69 Å². The molecule has 0 saturated carbocycles. The van der Waals surface area contributed by atoms with Crippen LogP contribution in [-0.2, 0) is 6.54 Å². The number of hydrogen-bond acceptors (Lipinski definition) is 3. The van der Waals surface area contributed by atoms with Crippen LogP contribution in [0.3, 0.4) is 0 Å². The van der Waals surface area contributed by atoms with Crippen LogP contribution in [0.25, 0.3) is 0 Å². The maximum Gasteiger partial charge on any atom is 0.123 e. The number of aromatic nitrogens is 1. The number of nitrogens with two attached hydrogens (primary N) is 1. The Hall–Kier alpha value is -2.03. The highest BCUT2D eigenvalue weighted by molar-refractivity contribution is 5.45. The molecule has 82 valence electrons. The lowest BCUT2D eigenvalue weighted by Crippen LogP contribution is -2.17. The fourth-order valence-corrected chi connectivity index (χ4v) is 1.60. The maximum absolute atomic E-state index is 5.64. The van der Waals surface area contributed by atoms with Crippen LogP contribution >= 0.6 is 0 Å². The van der Waals surface area contributed by atoms with Crippen LogP contribution in [0.2, 0.25) is 0 Å². The third-order valence-electron chi connectivity index (χ3n) is 2.42. The molecule has 0 amide bonds. The second-order valence-electron chi connectivity index (χ2n) is 3.75. The largest absolute Gasteiger partial charge is 0.384 e. The van der Waals surface area contributed by atoms with Crippen molar-refractivity contribution in [2.45, 2.75) is 6.54 Å². The van der Waals surface area contributed by atoms with E-state index in [2.05, 4.69) is 22.0 Å². The number of nitrogens with zero attached hydrogens (tertiary/aromatic N) is 2. The lowest BCUT2D eigenvalue weighted by Gasteiger charge is -2.18. The third kappa shape index (κ3) is 2.51. The number of hydrogen-bond donors (Lipinski definition) is 1. The second kappa shape index (κ2) is 4.66. The summed E-state index contributed by atoms with van der Waals surface area (Å²) in [5, 5.41) is 0. The zero-order chi connectivity index (χ0) is 11.4. The van der Waals surface area contributed by atoms with Crippen LogP contribution < -0.4 is 10.6 Å². The summed E-state index contributed by atoms with van der Waals surface area (Å²) in [6.07, 6.45) is 0. The predicted octanol–water partition coefficient (Wildman–Crippen LogP) is 2.30. The van der Waals surface area contributed by atoms with Gasteiger partial charge in [-0.15, -0.1) is 0 Å². The molecule has 16 heavy (non-hydrogen) atoms. The first-order valence-electron chi connectivity index (χ1n) is 5.23. The molecule has 0 atom stereocenters. The second-order valence-corrected chi connectivity index (χ2v) is 3.75. The summed E-state index contributed by atoms with van der Waals surface area (Å²) >= 11 is 0. The van der Waals surface area contributed by atoms with Gasteiger partial charge in [0, 0.05) is 12.7 Å². The number of pyridine rings is 1. The summed E-state index contributed by atoms with van der Waals surface area (Å²) in [5.41, 5.74) is 7.79. The van der Waals surface area contributed by atoms with Gasteiger partial charge in [0.1, 0.15) is 5.82 Å². The van der Waals surface area contributed by atoms with E-state index in [0.717, 1.165) is 12.2 Å². The van der Waals surface area contributed by atoms with E-state index in [1.54, 1.807) is 6.07 Å². The van der Waals surface area contributed by atoms with Crippen molar-refractivity contribution in [1.29, 1.82) is 0 Å². The first-order valence-corrected chi connectivity index (χ1v) is 5.23. The Bertz CT molecular complexity index is 454. The Kier molecular flexibility index (Phi) is 3.05. The van der Waals surface area contributed by atoms with Gasteiger partial charge in [-0.3, -0.25) is 0 Å². The van der Waals surface area contributed by atoms with E-state index in [0.29, 0.717) is 5.82 Å². The minimum Gasteiger partial charge on any atom is -0.384 e. The highest BCUT2D eigenvalue weighted by Crippen LogP contribution is 2.13. The Labute approximate surface area is 95.5 Å². The van der Waals surface area contributed by atoms with Gasteiger partial charge < -0.3 is 10.6 Å². The van der Waals surface area contributed by atoms with Crippen LogP contribution in [0.4, 0.5) is 11.5 Å². The van der Waals surface area contributed by atoms with Crippen LogP contribution in [0.1, 0.15) is 5.69 Å². The van der Waals surface area contributed by atoms with Crippen LogP contribution in [-0.4, -0.2) is 12.0 Å². The van der Waals surface area contributed by atoms with Crippen molar-refractivity contribution in [3.63, 3.8) is 0 Å². The Morgan fingerprint density at radius 2 is 1.81 bits per heavy atom. The van der Waals surface area contributed by atoms with Crippen molar-refractivity contribution >= 4 is 11.5 Å². The zero-order valence-electron chi connectivity index (χ0n) is 9.30. The van der Waals surface area contributed by atoms with Gasteiger partial charge in [-0.25, -0.2) is 4.98 Å². The van der Waals surface area contributed by atoms with Crippen LogP contribution in [0.15, 0.2) is 48.5 Å². The molecule has 0 unspecified atom stereocenters. The molecule has 0 fully saturated rings. The van der Waals surface area contributed by atoms with Crippen molar-refractivity contribution in [2.24, 2.45) is 0 Å². The lowest BCUT2D eigenvalue weighted by atomic mass is 10.2. The third-order valence-corrected chi connectivity index (χ3v) is 2.42. The monoisotopic (exact) mass is 213 g/mol. The van der Waals surface area contributed by atoms with Crippen LogP contribution in [0.5, 0.6) is 0 Å². The molecular formula is C13H15N3. The molecule has 2 N–H and O–H groups in total. The summed E-state index contributed by atoms with van der Waals surface area (Å²) in [5.74, 6) is 0.568. The number of nitrogen functional groups attached to an aromatic ring is 1. The summed E-state index contributed by atoms with van der Waals surface area (Å²) in [6.45, 7) is 0.759. The highest BCUT2D eigenvalue weighted by Gasteiger charge is 2.02. The standard InChI is InChI=1S/C13H15N3/c1-16(12-7-3-2-4-8-12)10-11-6-5-9-13(14)15-11/h2-9H,10H2,1H3,(H2,14,15). The molecule has 0 aliphatic carbocycles. The summed E-state index contributed by atoms with van der Waals surface area (Å²) in [4.78, 5) is 6.42. The topological polar surface area (TPSA) is 42.1 Å². The van der Waals surface area contributed by atoms with Gasteiger partial charge in [0.05, 0.1) is 12.2 Å². The Balaban J connectivity index is 2.11. The van der Waals surface area contributed by atoms with Gasteiger partial charge in [0.2, 0.25) is 0 Å². The minimum atomic E-state index is 0.568. The van der Waals surface area contributed by atoms with Crippen molar-refractivity contribution in [1.82, 2.24) is 4.98 Å². The van der Waals surface area contributed by atoms with E-state index in [-0.39, 0.29) is 0 Å². The van der Waals surface area contributed by atoms with Crippen molar-refractivity contribution in [3.05, 3.63) is 54.2 Å². The van der Waals surface area contributed by atoms with E-state index in [9.17, 15) is 0 Å². The molecule has 0 aliphatic rings. The fraction of sp³-hybridized carbons (Fsp3) is 0.154. The summed E-state index contributed by atoms with van der Waals surface area (Å²) in [6, 6.07) is 15.9. The molecule has 1 heterocycles. The summed E-state index contributed by atoms with van der Waals surface area (Å²) in [7, 11) is 2.04. The van der Waals surface area contributed by atoms with E-state index in [1.807, 2.05) is 37.4 Å². The highest BCUT2D eigenvalue weighted by atomic mass is 15.1. The normalized spacial score (nSPS) is 10.1. The van der Waals surface area contributed by atoms with E-state index >= 15 is 0 Å². The molecule has 1 aromatic heterocycles. The molecule has 3 nitrogen and oxygen atoms in total. The molecule has 0 spiro atoms. The SMILES string of the molecule is CN(Cc1cccc(N)n1)c1ccccc1. The summed E-state index contributed by atoms with van der Waals surface area (Å²) < 4.78 is 0. The predicted molar refractivity (Wildman–Crippen MR) is 67.2 cm³/mol. The smallest absolute Gasteiger partial charge is 0.123 e. The molecule has 2 rings (SSSR count). The maximum atomic E-state index is 5.64. The van der Waals surface area contributed by atoms with Crippen molar-refractivity contribution in [2.75, 3.05) is 17.7 Å². The zero-order valence-corrected chi connectivity index (χ0v) is 9.30. The Morgan fingerprint density at radius 1 is 1.06 bits per heavy atom. The fourth-order valence-electron chi connectivity index (χ4n) is 1.60. The van der Waals surface area contributed by atoms with Gasteiger partial charge in [-0.2, -0.15) is 0 Å². The average Bonchev–Trinajstić information content (AvgIpc) is 2.30. The first-order chi connectivity index (χ1) is 7.75. The molecular weight excluding hydrogens is 198 g/mol. The molecule has 0 radical (unpaired) electrons. The molecule has 3 heteroatoms. The lowest BCUT2D eigenvalue weighted by molar-refractivity contribution is 0.887. The van der Waals surface area contributed by atoms with Crippen molar-refractivity contribution in [3.8, 4) is 0 Å². The number of rotatable bonds is 3. The molecule has 0 bridgehead atoms. The van der Waals surface area contributed by atoms with E-state index < -0.39 is 0 Å². The average molecular weight is 213 g/mol. The molecule has 0 aliphatic heterocycles. The van der Waals surface area contributed by atoms with Gasteiger partial charge in [0.15, 0.2) is 0 Å². The minimum absolute atomic E-state index is 0.568. The molecule has 1 aromatic carbocycles. The van der Waals surface area contributed by atoms with Gasteiger partial charge in [-0.1, -0.05) is 24.3 Å². The number of para-hydroxylation sites is 1. The van der Waals surface area contributed by atoms with E-state index in [4.69, 9.17) is 5.73 Å². The van der Waals surface area contributed by atoms with Gasteiger partial charge in [0.25, 0.3) is 0 Å². The van der Waals surface area contributed by atoms with Crippen LogP contribution in [0, 0.1) is 0 Å². The van der Waals surface area contributed by atoms with Gasteiger partial charge in [-0.05, 0) is 24.3 Å². The molecule has 2 aromatic rings. The number of anilines is 2. The van der Waals surface area contributed by atoms with Crippen molar-refractivity contribution < 1.29 is 0 Å². The van der Waals surface area contributed by atoms with Gasteiger partial charge >= 0.3 is 0 Å². The molecule has 0 saturated heterocycles. The Morgan fingerprint density at radius 3 is 2.50 bits per heavy atom.